The highest BCUT2D eigenvalue weighted by Crippen LogP contribution is 2.34. The molecule has 1 saturated heterocycles. The highest BCUT2D eigenvalue weighted by Gasteiger charge is 2.50. The van der Waals surface area contributed by atoms with Crippen molar-refractivity contribution in [2.45, 2.75) is 50.7 Å². The van der Waals surface area contributed by atoms with Gasteiger partial charge in [0.25, 0.3) is 5.91 Å². The molecule has 0 bridgehead atoms. The zero-order valence-corrected chi connectivity index (χ0v) is 11.9. The van der Waals surface area contributed by atoms with Gasteiger partial charge in [-0.05, 0) is 38.7 Å². The number of hydrogen-bond acceptors (Lipinski definition) is 2. The van der Waals surface area contributed by atoms with E-state index in [2.05, 4.69) is 5.32 Å². The zero-order chi connectivity index (χ0) is 14.3. The lowest BCUT2D eigenvalue weighted by Crippen LogP contribution is -2.69. The van der Waals surface area contributed by atoms with Crippen molar-refractivity contribution in [3.05, 3.63) is 35.9 Å². The second-order valence-electron chi connectivity index (χ2n) is 5.95. The molecule has 2 atom stereocenters. The van der Waals surface area contributed by atoms with Crippen molar-refractivity contribution in [3.63, 3.8) is 0 Å². The molecule has 0 spiro atoms. The molecule has 2 amide bonds. The fourth-order valence-electron chi connectivity index (χ4n) is 3.08. The van der Waals surface area contributed by atoms with E-state index in [-0.39, 0.29) is 23.9 Å². The summed E-state index contributed by atoms with van der Waals surface area (Å²) in [6.45, 7) is 3.62. The Morgan fingerprint density at radius 1 is 1.20 bits per heavy atom. The third kappa shape index (κ3) is 1.82. The summed E-state index contributed by atoms with van der Waals surface area (Å²) in [4.78, 5) is 27.0. The van der Waals surface area contributed by atoms with E-state index in [4.69, 9.17) is 0 Å². The van der Waals surface area contributed by atoms with Gasteiger partial charge in [-0.1, -0.05) is 30.3 Å². The van der Waals surface area contributed by atoms with E-state index in [1.807, 2.05) is 37.3 Å². The van der Waals surface area contributed by atoms with Crippen LogP contribution in [-0.2, 0) is 15.1 Å². The number of carbonyl (C=O) groups excluding carboxylic acids is 2. The van der Waals surface area contributed by atoms with E-state index in [0.29, 0.717) is 0 Å². The average molecular weight is 272 g/mol. The number of rotatable bonds is 2. The van der Waals surface area contributed by atoms with Gasteiger partial charge in [-0.3, -0.25) is 9.59 Å². The van der Waals surface area contributed by atoms with Crippen molar-refractivity contribution < 1.29 is 9.59 Å². The van der Waals surface area contributed by atoms with Crippen molar-refractivity contribution in [2.24, 2.45) is 0 Å². The number of amides is 2. The number of piperazine rings is 1. The van der Waals surface area contributed by atoms with E-state index in [1.54, 1.807) is 11.8 Å². The lowest BCUT2D eigenvalue weighted by atomic mass is 9.83. The van der Waals surface area contributed by atoms with Crippen LogP contribution < -0.4 is 5.32 Å². The van der Waals surface area contributed by atoms with Gasteiger partial charge in [-0.25, -0.2) is 0 Å². The Kier molecular flexibility index (Phi) is 3.04. The molecular formula is C16H20N2O2. The quantitative estimate of drug-likeness (QED) is 0.892. The average Bonchev–Trinajstić information content (AvgIpc) is 2.40. The molecule has 1 heterocycles. The molecular weight excluding hydrogens is 252 g/mol. The summed E-state index contributed by atoms with van der Waals surface area (Å²) in [5, 5.41) is 2.91. The number of nitrogens with one attached hydrogen (secondary N) is 1. The van der Waals surface area contributed by atoms with Gasteiger partial charge < -0.3 is 10.2 Å². The summed E-state index contributed by atoms with van der Waals surface area (Å²) >= 11 is 0. The van der Waals surface area contributed by atoms with Gasteiger partial charge in [0.2, 0.25) is 5.91 Å². The van der Waals surface area contributed by atoms with Crippen LogP contribution in [0.4, 0.5) is 0 Å². The second-order valence-corrected chi connectivity index (χ2v) is 5.95. The van der Waals surface area contributed by atoms with E-state index >= 15 is 0 Å². The molecule has 2 fully saturated rings. The lowest BCUT2D eigenvalue weighted by molar-refractivity contribution is -0.159. The molecule has 1 aromatic rings. The third-order valence-electron chi connectivity index (χ3n) is 4.65. The van der Waals surface area contributed by atoms with Crippen LogP contribution in [-0.4, -0.2) is 28.8 Å². The van der Waals surface area contributed by atoms with Crippen LogP contribution in [0.15, 0.2) is 30.3 Å². The Hall–Kier alpha value is -1.84. The number of hydrogen-bond donors (Lipinski definition) is 1. The van der Waals surface area contributed by atoms with Crippen molar-refractivity contribution in [2.75, 3.05) is 0 Å². The molecule has 1 aromatic carbocycles. The summed E-state index contributed by atoms with van der Waals surface area (Å²) in [5.41, 5.74) is -0.102. The molecule has 0 aromatic heterocycles. The Labute approximate surface area is 119 Å². The third-order valence-corrected chi connectivity index (χ3v) is 4.65. The maximum Gasteiger partial charge on any atom is 0.253 e. The molecule has 1 aliphatic heterocycles. The van der Waals surface area contributed by atoms with Crippen LogP contribution in [0, 0.1) is 0 Å². The summed E-state index contributed by atoms with van der Waals surface area (Å²) in [6.07, 6.45) is 3.16. The first-order valence-electron chi connectivity index (χ1n) is 7.24. The molecule has 3 rings (SSSR count). The Morgan fingerprint density at radius 3 is 2.40 bits per heavy atom. The molecule has 1 N–H and O–H groups in total. The zero-order valence-electron chi connectivity index (χ0n) is 11.9. The van der Waals surface area contributed by atoms with Crippen molar-refractivity contribution in [1.82, 2.24) is 10.2 Å². The van der Waals surface area contributed by atoms with E-state index < -0.39 is 5.54 Å². The van der Waals surface area contributed by atoms with Crippen LogP contribution in [0.1, 0.15) is 38.7 Å². The molecule has 0 radical (unpaired) electrons. The summed E-state index contributed by atoms with van der Waals surface area (Å²) in [6, 6.07) is 9.35. The van der Waals surface area contributed by atoms with Crippen LogP contribution in [0.25, 0.3) is 0 Å². The highest BCUT2D eigenvalue weighted by atomic mass is 16.2. The summed E-state index contributed by atoms with van der Waals surface area (Å²) in [5.74, 6) is -0.0525. The van der Waals surface area contributed by atoms with Crippen LogP contribution in [0.2, 0.25) is 0 Å². The highest BCUT2D eigenvalue weighted by molar-refractivity contribution is 6.00. The molecule has 20 heavy (non-hydrogen) atoms. The topological polar surface area (TPSA) is 49.4 Å². The number of benzene rings is 1. The molecule has 1 aliphatic carbocycles. The fourth-order valence-corrected chi connectivity index (χ4v) is 3.08. The Bertz CT molecular complexity index is 539. The van der Waals surface area contributed by atoms with Gasteiger partial charge in [0, 0.05) is 6.04 Å². The second kappa shape index (κ2) is 4.62. The van der Waals surface area contributed by atoms with Gasteiger partial charge in [0.1, 0.15) is 11.6 Å². The first kappa shape index (κ1) is 13.2. The molecule has 4 heteroatoms. The predicted octanol–water partition coefficient (Wildman–Crippen LogP) is 1.80. The monoisotopic (exact) mass is 272 g/mol. The number of nitrogens with zero attached hydrogens (tertiary/aromatic N) is 1. The van der Waals surface area contributed by atoms with Gasteiger partial charge >= 0.3 is 0 Å². The molecule has 106 valence electrons. The first-order valence-corrected chi connectivity index (χ1v) is 7.24. The fraction of sp³-hybridized carbons (Fsp3) is 0.500. The minimum absolute atomic E-state index is 0.0144. The maximum absolute atomic E-state index is 12.9. The minimum atomic E-state index is -0.944. The SMILES string of the molecule is CC1C(=O)NC(C)(c2ccccc2)C(=O)N1C1CCC1. The van der Waals surface area contributed by atoms with Gasteiger partial charge in [-0.15, -0.1) is 0 Å². The molecule has 2 aliphatic rings. The summed E-state index contributed by atoms with van der Waals surface area (Å²) in [7, 11) is 0. The normalized spacial score (nSPS) is 30.9. The van der Waals surface area contributed by atoms with Gasteiger partial charge in [0.05, 0.1) is 0 Å². The number of carbonyl (C=O) groups is 2. The molecule has 4 nitrogen and oxygen atoms in total. The van der Waals surface area contributed by atoms with Crippen molar-refractivity contribution in [3.8, 4) is 0 Å². The van der Waals surface area contributed by atoms with Crippen LogP contribution in [0.5, 0.6) is 0 Å². The predicted molar refractivity (Wildman–Crippen MR) is 75.9 cm³/mol. The van der Waals surface area contributed by atoms with Gasteiger partial charge in [-0.2, -0.15) is 0 Å². The van der Waals surface area contributed by atoms with Gasteiger partial charge in [0.15, 0.2) is 0 Å². The van der Waals surface area contributed by atoms with E-state index in [9.17, 15) is 9.59 Å². The summed E-state index contributed by atoms with van der Waals surface area (Å²) < 4.78 is 0. The van der Waals surface area contributed by atoms with Crippen LogP contribution in [0.3, 0.4) is 0 Å². The van der Waals surface area contributed by atoms with Crippen LogP contribution >= 0.6 is 0 Å². The van der Waals surface area contributed by atoms with Crippen molar-refractivity contribution >= 4 is 11.8 Å². The van der Waals surface area contributed by atoms with E-state index in [0.717, 1.165) is 24.8 Å². The standard InChI is InChI=1S/C16H20N2O2/c1-11-14(19)17-16(2,12-7-4-3-5-8-12)15(20)18(11)13-9-6-10-13/h3-5,7-8,11,13H,6,9-10H2,1-2H3,(H,17,19). The van der Waals surface area contributed by atoms with Crippen molar-refractivity contribution in [1.29, 1.82) is 0 Å². The molecule has 2 unspecified atom stereocenters. The Morgan fingerprint density at radius 2 is 1.85 bits per heavy atom. The smallest absolute Gasteiger partial charge is 0.253 e. The minimum Gasteiger partial charge on any atom is -0.336 e. The van der Waals surface area contributed by atoms with E-state index in [1.165, 1.54) is 0 Å². The maximum atomic E-state index is 12.9. The first-order chi connectivity index (χ1) is 9.54. The largest absolute Gasteiger partial charge is 0.336 e. The Balaban J connectivity index is 1.99. The molecule has 1 saturated carbocycles. The lowest BCUT2D eigenvalue weighted by Gasteiger charge is -2.49.